The maximum Gasteiger partial charge on any atom is 0.239 e. The third-order valence-corrected chi connectivity index (χ3v) is 3.33. The van der Waals surface area contributed by atoms with Crippen LogP contribution in [0.25, 0.3) is 0 Å². The number of hydrogen-bond donors (Lipinski definition) is 1. The SMILES string of the molecule is CCOCCN(CCOCC)C(=O)[C@@H](N)CCSC. The van der Waals surface area contributed by atoms with Gasteiger partial charge in [-0.05, 0) is 32.3 Å². The van der Waals surface area contributed by atoms with Crippen LogP contribution in [0.3, 0.4) is 0 Å². The van der Waals surface area contributed by atoms with Gasteiger partial charge in [-0.25, -0.2) is 0 Å². The molecule has 0 aliphatic heterocycles. The van der Waals surface area contributed by atoms with E-state index in [9.17, 15) is 4.79 Å². The summed E-state index contributed by atoms with van der Waals surface area (Å²) in [5.74, 6) is 0.894. The fraction of sp³-hybridized carbons (Fsp3) is 0.923. The second kappa shape index (κ2) is 12.7. The van der Waals surface area contributed by atoms with E-state index >= 15 is 0 Å². The van der Waals surface area contributed by atoms with Crippen molar-refractivity contribution in [3.63, 3.8) is 0 Å². The fourth-order valence-corrected chi connectivity index (χ4v) is 2.06. The van der Waals surface area contributed by atoms with Crippen molar-refractivity contribution in [1.82, 2.24) is 4.90 Å². The number of ether oxygens (including phenoxy) is 2. The Morgan fingerprint density at radius 3 is 2.16 bits per heavy atom. The summed E-state index contributed by atoms with van der Waals surface area (Å²) in [5, 5.41) is 0. The van der Waals surface area contributed by atoms with Crippen LogP contribution in [-0.4, -0.2) is 68.4 Å². The molecule has 0 spiro atoms. The Bertz CT molecular complexity index is 220. The zero-order valence-corrected chi connectivity index (χ0v) is 13.2. The molecule has 0 saturated carbocycles. The number of carbonyl (C=O) groups excluding carboxylic acids is 1. The highest BCUT2D eigenvalue weighted by atomic mass is 32.2. The average molecular weight is 292 g/mol. The molecule has 0 aromatic heterocycles. The Balaban J connectivity index is 4.21. The number of thioether (sulfide) groups is 1. The van der Waals surface area contributed by atoms with Gasteiger partial charge < -0.3 is 20.1 Å². The van der Waals surface area contributed by atoms with Crippen LogP contribution in [0.4, 0.5) is 0 Å². The average Bonchev–Trinajstić information content (AvgIpc) is 2.42. The van der Waals surface area contributed by atoms with Gasteiger partial charge in [0.05, 0.1) is 19.3 Å². The zero-order valence-electron chi connectivity index (χ0n) is 12.4. The van der Waals surface area contributed by atoms with Crippen LogP contribution in [0.5, 0.6) is 0 Å². The molecule has 0 aliphatic carbocycles. The molecule has 0 fully saturated rings. The van der Waals surface area contributed by atoms with Crippen molar-refractivity contribution >= 4 is 17.7 Å². The largest absolute Gasteiger partial charge is 0.380 e. The molecule has 0 radical (unpaired) electrons. The minimum Gasteiger partial charge on any atom is -0.380 e. The van der Waals surface area contributed by atoms with Crippen LogP contribution in [0.15, 0.2) is 0 Å². The molecule has 0 heterocycles. The van der Waals surface area contributed by atoms with Crippen LogP contribution < -0.4 is 5.73 Å². The number of nitrogens with zero attached hydrogens (tertiary/aromatic N) is 1. The predicted octanol–water partition coefficient (Wildman–Crippen LogP) is 0.968. The van der Waals surface area contributed by atoms with E-state index in [1.165, 1.54) is 0 Å². The number of hydrogen-bond acceptors (Lipinski definition) is 5. The van der Waals surface area contributed by atoms with Gasteiger partial charge in [-0.1, -0.05) is 0 Å². The van der Waals surface area contributed by atoms with Crippen molar-refractivity contribution in [3.8, 4) is 0 Å². The summed E-state index contributed by atoms with van der Waals surface area (Å²) in [5.41, 5.74) is 5.93. The van der Waals surface area contributed by atoms with E-state index in [0.29, 0.717) is 45.9 Å². The molecular weight excluding hydrogens is 264 g/mol. The molecule has 1 amide bonds. The van der Waals surface area contributed by atoms with Gasteiger partial charge in [-0.2, -0.15) is 11.8 Å². The molecule has 114 valence electrons. The van der Waals surface area contributed by atoms with Crippen LogP contribution in [0.1, 0.15) is 20.3 Å². The van der Waals surface area contributed by atoms with Crippen molar-refractivity contribution < 1.29 is 14.3 Å². The second-order valence-corrected chi connectivity index (χ2v) is 5.09. The van der Waals surface area contributed by atoms with E-state index in [1.807, 2.05) is 20.1 Å². The molecule has 6 heteroatoms. The van der Waals surface area contributed by atoms with Gasteiger partial charge in [0.25, 0.3) is 0 Å². The van der Waals surface area contributed by atoms with Crippen LogP contribution >= 0.6 is 11.8 Å². The zero-order chi connectivity index (χ0) is 14.5. The second-order valence-electron chi connectivity index (χ2n) is 4.11. The maximum atomic E-state index is 12.2. The van der Waals surface area contributed by atoms with Gasteiger partial charge in [0, 0.05) is 26.3 Å². The Kier molecular flexibility index (Phi) is 12.5. The lowest BCUT2D eigenvalue weighted by molar-refractivity contribution is -0.134. The standard InChI is InChI=1S/C13H28N2O3S/c1-4-17-9-7-15(8-10-18-5-2)13(16)12(14)6-11-19-3/h12H,4-11,14H2,1-3H3/t12-/m0/s1. The number of carbonyl (C=O) groups is 1. The highest BCUT2D eigenvalue weighted by Gasteiger charge is 2.20. The van der Waals surface area contributed by atoms with Gasteiger partial charge in [0.15, 0.2) is 0 Å². The van der Waals surface area contributed by atoms with Gasteiger partial charge >= 0.3 is 0 Å². The van der Waals surface area contributed by atoms with E-state index in [2.05, 4.69) is 0 Å². The van der Waals surface area contributed by atoms with Gasteiger partial charge in [-0.3, -0.25) is 4.79 Å². The molecule has 1 atom stereocenters. The molecule has 19 heavy (non-hydrogen) atoms. The fourth-order valence-electron chi connectivity index (χ4n) is 1.57. The number of amides is 1. The minimum atomic E-state index is -0.421. The molecule has 0 rings (SSSR count). The Hall–Kier alpha value is -0.300. The molecule has 0 aromatic rings. The van der Waals surface area contributed by atoms with Gasteiger partial charge in [0.2, 0.25) is 5.91 Å². The van der Waals surface area contributed by atoms with E-state index < -0.39 is 6.04 Å². The van der Waals surface area contributed by atoms with Crippen LogP contribution in [0.2, 0.25) is 0 Å². The van der Waals surface area contributed by atoms with Crippen LogP contribution in [0, 0.1) is 0 Å². The topological polar surface area (TPSA) is 64.8 Å². The summed E-state index contributed by atoms with van der Waals surface area (Å²) in [6.45, 7) is 7.44. The lowest BCUT2D eigenvalue weighted by atomic mass is 10.2. The molecule has 0 aliphatic rings. The molecular formula is C13H28N2O3S. The molecule has 0 unspecified atom stereocenters. The number of nitrogens with two attached hydrogens (primary N) is 1. The minimum absolute atomic E-state index is 0.00606. The quantitative estimate of drug-likeness (QED) is 0.543. The summed E-state index contributed by atoms with van der Waals surface area (Å²) in [6.07, 6.45) is 2.72. The molecule has 0 bridgehead atoms. The smallest absolute Gasteiger partial charge is 0.239 e. The third-order valence-electron chi connectivity index (χ3n) is 2.68. The Labute approximate surface area is 121 Å². The molecule has 0 aromatic carbocycles. The Morgan fingerprint density at radius 2 is 1.74 bits per heavy atom. The van der Waals surface area contributed by atoms with Crippen molar-refractivity contribution in [2.75, 3.05) is 51.5 Å². The van der Waals surface area contributed by atoms with Gasteiger partial charge in [-0.15, -0.1) is 0 Å². The number of rotatable bonds is 12. The van der Waals surface area contributed by atoms with Gasteiger partial charge in [0.1, 0.15) is 0 Å². The molecule has 0 saturated heterocycles. The lowest BCUT2D eigenvalue weighted by Gasteiger charge is -2.25. The Morgan fingerprint density at radius 1 is 1.21 bits per heavy atom. The first kappa shape index (κ1) is 18.7. The summed E-state index contributed by atoms with van der Waals surface area (Å²) < 4.78 is 10.6. The van der Waals surface area contributed by atoms with Crippen molar-refractivity contribution in [2.45, 2.75) is 26.3 Å². The first-order valence-corrected chi connectivity index (χ1v) is 8.25. The normalized spacial score (nSPS) is 12.4. The van der Waals surface area contributed by atoms with Crippen LogP contribution in [-0.2, 0) is 14.3 Å². The summed E-state index contributed by atoms with van der Waals surface area (Å²) in [7, 11) is 0. The molecule has 5 nitrogen and oxygen atoms in total. The van der Waals surface area contributed by atoms with Crippen molar-refractivity contribution in [3.05, 3.63) is 0 Å². The van der Waals surface area contributed by atoms with E-state index in [4.69, 9.17) is 15.2 Å². The first-order chi connectivity index (χ1) is 9.17. The van der Waals surface area contributed by atoms with E-state index in [0.717, 1.165) is 5.75 Å². The first-order valence-electron chi connectivity index (χ1n) is 6.86. The molecule has 2 N–H and O–H groups in total. The summed E-state index contributed by atoms with van der Waals surface area (Å²) in [4.78, 5) is 14.0. The highest BCUT2D eigenvalue weighted by Crippen LogP contribution is 2.03. The maximum absolute atomic E-state index is 12.2. The van der Waals surface area contributed by atoms with E-state index in [-0.39, 0.29) is 5.91 Å². The monoisotopic (exact) mass is 292 g/mol. The highest BCUT2D eigenvalue weighted by molar-refractivity contribution is 7.98. The third kappa shape index (κ3) is 9.27. The van der Waals surface area contributed by atoms with E-state index in [1.54, 1.807) is 16.7 Å². The lowest BCUT2D eigenvalue weighted by Crippen LogP contribution is -2.46. The summed E-state index contributed by atoms with van der Waals surface area (Å²) in [6, 6.07) is -0.421. The predicted molar refractivity (Wildman–Crippen MR) is 80.5 cm³/mol. The van der Waals surface area contributed by atoms with Crippen molar-refractivity contribution in [2.24, 2.45) is 5.73 Å². The summed E-state index contributed by atoms with van der Waals surface area (Å²) >= 11 is 1.70. The van der Waals surface area contributed by atoms with Crippen molar-refractivity contribution in [1.29, 1.82) is 0 Å².